The lowest BCUT2D eigenvalue weighted by atomic mass is 10.1. The summed E-state index contributed by atoms with van der Waals surface area (Å²) in [4.78, 5) is 24.9. The van der Waals surface area contributed by atoms with Crippen LogP contribution in [0.25, 0.3) is 22.4 Å². The number of pyridine rings is 1. The highest BCUT2D eigenvalue weighted by Gasteiger charge is 2.17. The lowest BCUT2D eigenvalue weighted by Gasteiger charge is -2.31. The fraction of sp³-hybridized carbons (Fsp3) is 0.316. The van der Waals surface area contributed by atoms with Gasteiger partial charge in [0.1, 0.15) is 5.82 Å². The monoisotopic (exact) mass is 367 g/mol. The van der Waals surface area contributed by atoms with Crippen LogP contribution in [0.4, 0.5) is 10.5 Å². The Balaban J connectivity index is 1.58. The Morgan fingerprint density at radius 3 is 2.81 bits per heavy atom. The number of anilines is 1. The molecule has 0 unspecified atom stereocenters. The average Bonchev–Trinajstić information content (AvgIpc) is 3.09. The molecule has 0 saturated carbocycles. The van der Waals surface area contributed by atoms with E-state index in [1.165, 1.54) is 0 Å². The van der Waals surface area contributed by atoms with E-state index in [-0.39, 0.29) is 12.6 Å². The molecule has 0 spiro atoms. The van der Waals surface area contributed by atoms with Crippen LogP contribution in [0.5, 0.6) is 0 Å². The SMILES string of the molecule is O=C(O)NCc1nc2nc(-c3cccc(N4CCC(O)CC4)c3)ccc2[nH]1. The highest BCUT2D eigenvalue weighted by Crippen LogP contribution is 2.26. The molecule has 8 heteroatoms. The molecule has 0 aliphatic carbocycles. The third-order valence-corrected chi connectivity index (χ3v) is 4.77. The number of fused-ring (bicyclic) bond motifs is 1. The van der Waals surface area contributed by atoms with Gasteiger partial charge in [-0.25, -0.2) is 14.8 Å². The van der Waals surface area contributed by atoms with Crippen molar-refractivity contribution in [3.63, 3.8) is 0 Å². The summed E-state index contributed by atoms with van der Waals surface area (Å²) in [6.07, 6.45) is 0.285. The molecule has 1 amide bonds. The second-order valence-corrected chi connectivity index (χ2v) is 6.68. The van der Waals surface area contributed by atoms with Crippen molar-refractivity contribution in [2.75, 3.05) is 18.0 Å². The molecule has 0 bridgehead atoms. The van der Waals surface area contributed by atoms with E-state index in [1.54, 1.807) is 0 Å². The fourth-order valence-corrected chi connectivity index (χ4v) is 3.33. The van der Waals surface area contributed by atoms with Crippen molar-refractivity contribution in [1.29, 1.82) is 0 Å². The highest BCUT2D eigenvalue weighted by atomic mass is 16.4. The number of nitrogens with zero attached hydrogens (tertiary/aromatic N) is 3. The van der Waals surface area contributed by atoms with Gasteiger partial charge >= 0.3 is 6.09 Å². The first-order valence-corrected chi connectivity index (χ1v) is 8.94. The van der Waals surface area contributed by atoms with Crippen molar-refractivity contribution < 1.29 is 15.0 Å². The molecule has 1 aromatic carbocycles. The number of piperidine rings is 1. The van der Waals surface area contributed by atoms with Crippen LogP contribution in [-0.2, 0) is 6.54 Å². The number of nitrogens with one attached hydrogen (secondary N) is 2. The predicted octanol–water partition coefficient (Wildman–Crippen LogP) is 2.35. The first-order valence-electron chi connectivity index (χ1n) is 8.94. The van der Waals surface area contributed by atoms with Gasteiger partial charge in [-0.3, -0.25) is 0 Å². The first kappa shape index (κ1) is 17.3. The van der Waals surface area contributed by atoms with Gasteiger partial charge in [0.15, 0.2) is 5.65 Å². The minimum Gasteiger partial charge on any atom is -0.465 e. The number of carboxylic acid groups (broad SMARTS) is 1. The zero-order valence-corrected chi connectivity index (χ0v) is 14.7. The summed E-state index contributed by atoms with van der Waals surface area (Å²) in [7, 11) is 0. The van der Waals surface area contributed by atoms with Crippen molar-refractivity contribution in [2.24, 2.45) is 0 Å². The second kappa shape index (κ2) is 7.24. The van der Waals surface area contributed by atoms with E-state index in [2.05, 4.69) is 37.3 Å². The molecule has 27 heavy (non-hydrogen) atoms. The van der Waals surface area contributed by atoms with Crippen molar-refractivity contribution in [1.82, 2.24) is 20.3 Å². The maximum absolute atomic E-state index is 10.6. The fourth-order valence-electron chi connectivity index (χ4n) is 3.33. The second-order valence-electron chi connectivity index (χ2n) is 6.68. The summed E-state index contributed by atoms with van der Waals surface area (Å²) < 4.78 is 0. The van der Waals surface area contributed by atoms with Crippen molar-refractivity contribution >= 4 is 22.9 Å². The molecule has 140 valence electrons. The zero-order chi connectivity index (χ0) is 18.8. The number of benzene rings is 1. The summed E-state index contributed by atoms with van der Waals surface area (Å²) in [5.74, 6) is 0.526. The van der Waals surface area contributed by atoms with Crippen molar-refractivity contribution in [2.45, 2.75) is 25.5 Å². The van der Waals surface area contributed by atoms with E-state index < -0.39 is 6.09 Å². The van der Waals surface area contributed by atoms with E-state index >= 15 is 0 Å². The van der Waals surface area contributed by atoms with Gasteiger partial charge in [-0.15, -0.1) is 0 Å². The number of rotatable bonds is 4. The normalized spacial score (nSPS) is 15.2. The third-order valence-electron chi connectivity index (χ3n) is 4.77. The molecule has 0 atom stereocenters. The standard InChI is InChI=1S/C19H21N5O3/c25-14-6-8-24(9-7-14)13-3-1-2-12(10-13)15-4-5-16-18(22-15)23-17(21-16)11-20-19(26)27/h1-5,10,14,20,25H,6-9,11H2,(H,26,27)(H,21,22,23). The maximum Gasteiger partial charge on any atom is 0.405 e. The Hall–Kier alpha value is -3.13. The van der Waals surface area contributed by atoms with E-state index in [0.717, 1.165) is 48.4 Å². The van der Waals surface area contributed by atoms with Crippen LogP contribution in [0.3, 0.4) is 0 Å². The molecule has 1 aliphatic heterocycles. The van der Waals surface area contributed by atoms with E-state index in [1.807, 2.05) is 24.3 Å². The van der Waals surface area contributed by atoms with Crippen LogP contribution in [0.2, 0.25) is 0 Å². The average molecular weight is 367 g/mol. The predicted molar refractivity (Wildman–Crippen MR) is 102 cm³/mol. The van der Waals surface area contributed by atoms with E-state index in [4.69, 9.17) is 5.11 Å². The lowest BCUT2D eigenvalue weighted by Crippen LogP contribution is -2.35. The smallest absolute Gasteiger partial charge is 0.405 e. The van der Waals surface area contributed by atoms with E-state index in [0.29, 0.717) is 11.5 Å². The molecule has 1 saturated heterocycles. The quantitative estimate of drug-likeness (QED) is 0.563. The number of H-pyrrole nitrogens is 1. The Morgan fingerprint density at radius 1 is 1.22 bits per heavy atom. The first-order chi connectivity index (χ1) is 13.1. The van der Waals surface area contributed by atoms with Crippen molar-refractivity contribution in [3.05, 3.63) is 42.2 Å². The summed E-state index contributed by atoms with van der Waals surface area (Å²) in [6.45, 7) is 1.80. The van der Waals surface area contributed by atoms with Gasteiger partial charge in [-0.1, -0.05) is 12.1 Å². The number of aliphatic hydroxyl groups excluding tert-OH is 1. The van der Waals surface area contributed by atoms with Crippen LogP contribution in [-0.4, -0.2) is 50.5 Å². The van der Waals surface area contributed by atoms with Gasteiger partial charge < -0.3 is 25.4 Å². The molecular weight excluding hydrogens is 346 g/mol. The number of aromatic nitrogens is 3. The number of aromatic amines is 1. The molecule has 8 nitrogen and oxygen atoms in total. The maximum atomic E-state index is 10.6. The van der Waals surface area contributed by atoms with Crippen molar-refractivity contribution in [3.8, 4) is 11.3 Å². The molecular formula is C19H21N5O3. The molecule has 3 aromatic rings. The number of hydrogen-bond acceptors (Lipinski definition) is 5. The third kappa shape index (κ3) is 3.85. The summed E-state index contributed by atoms with van der Waals surface area (Å²) in [5.41, 5.74) is 4.25. The number of hydrogen-bond donors (Lipinski definition) is 4. The van der Waals surface area contributed by atoms with Gasteiger partial charge in [-0.05, 0) is 37.1 Å². The molecule has 4 rings (SSSR count). The number of imidazole rings is 1. The molecule has 2 aromatic heterocycles. The molecule has 1 aliphatic rings. The van der Waals surface area contributed by atoms with Crippen LogP contribution in [0.15, 0.2) is 36.4 Å². The minimum absolute atomic E-state index is 0.108. The van der Waals surface area contributed by atoms with Gasteiger partial charge in [-0.2, -0.15) is 0 Å². The zero-order valence-electron chi connectivity index (χ0n) is 14.7. The van der Waals surface area contributed by atoms with E-state index in [9.17, 15) is 9.90 Å². The molecule has 0 radical (unpaired) electrons. The van der Waals surface area contributed by atoms with Crippen LogP contribution in [0.1, 0.15) is 18.7 Å². The Morgan fingerprint density at radius 2 is 2.04 bits per heavy atom. The minimum atomic E-state index is -1.09. The number of carbonyl (C=O) groups is 1. The number of amides is 1. The Bertz CT molecular complexity index is 963. The van der Waals surface area contributed by atoms with Gasteiger partial charge in [0, 0.05) is 24.3 Å². The lowest BCUT2D eigenvalue weighted by molar-refractivity contribution is 0.145. The Kier molecular flexibility index (Phi) is 4.64. The van der Waals surface area contributed by atoms with Crippen LogP contribution < -0.4 is 10.2 Å². The van der Waals surface area contributed by atoms with Crippen LogP contribution in [0, 0.1) is 0 Å². The summed E-state index contributed by atoms with van der Waals surface area (Å²) >= 11 is 0. The van der Waals surface area contributed by atoms with Gasteiger partial charge in [0.2, 0.25) is 0 Å². The summed E-state index contributed by atoms with van der Waals surface area (Å²) in [6, 6.07) is 12.0. The molecule has 4 N–H and O–H groups in total. The largest absolute Gasteiger partial charge is 0.465 e. The molecule has 1 fully saturated rings. The summed E-state index contributed by atoms with van der Waals surface area (Å²) in [5, 5.41) is 20.7. The van der Waals surface area contributed by atoms with Gasteiger partial charge in [0.25, 0.3) is 0 Å². The van der Waals surface area contributed by atoms with Gasteiger partial charge in [0.05, 0.1) is 23.9 Å². The molecule has 3 heterocycles. The van der Waals surface area contributed by atoms with Crippen LogP contribution >= 0.6 is 0 Å². The highest BCUT2D eigenvalue weighted by molar-refractivity contribution is 5.76. The Labute approximate surface area is 155 Å². The number of aliphatic hydroxyl groups is 1. The topological polar surface area (TPSA) is 114 Å².